The highest BCUT2D eigenvalue weighted by molar-refractivity contribution is 7.90. The smallest absolute Gasteiger partial charge is 0.393 e. The lowest BCUT2D eigenvalue weighted by atomic mass is 10.1. The highest BCUT2D eigenvalue weighted by atomic mass is 32.2. The summed E-state index contributed by atoms with van der Waals surface area (Å²) in [6.45, 7) is -1.67. The average Bonchev–Trinajstić information content (AvgIpc) is 3.18. The van der Waals surface area contributed by atoms with Gasteiger partial charge in [-0.2, -0.15) is 22.0 Å². The number of ether oxygens (including phenoxy) is 1. The van der Waals surface area contributed by atoms with Crippen molar-refractivity contribution in [3.8, 4) is 17.6 Å². The Kier molecular flexibility index (Phi) is 10.6. The number of nitrogens with one attached hydrogen (secondary N) is 3. The van der Waals surface area contributed by atoms with Gasteiger partial charge in [-0.15, -0.1) is 11.3 Å². The first-order valence-corrected chi connectivity index (χ1v) is 14.4. The van der Waals surface area contributed by atoms with Gasteiger partial charge in [0.25, 0.3) is 10.0 Å². The van der Waals surface area contributed by atoms with E-state index in [-0.39, 0.29) is 17.0 Å². The lowest BCUT2D eigenvalue weighted by Crippen LogP contribution is -2.29. The highest BCUT2D eigenvalue weighted by Gasteiger charge is 2.31. The summed E-state index contributed by atoms with van der Waals surface area (Å²) in [7, 11) is -0.957. The molecule has 0 aliphatic rings. The Hall–Kier alpha value is -3.68. The quantitative estimate of drug-likeness (QED) is 0.201. The minimum Gasteiger partial charge on any atom is -0.433 e. The number of amides is 1. The van der Waals surface area contributed by atoms with Gasteiger partial charge < -0.3 is 20.3 Å². The van der Waals surface area contributed by atoms with Crippen molar-refractivity contribution in [3.05, 3.63) is 46.6 Å². The Morgan fingerprint density at radius 2 is 1.86 bits per heavy atom. The number of carbonyl (C=O) groups excluding carboxylic acids is 1. The van der Waals surface area contributed by atoms with Crippen molar-refractivity contribution in [2.75, 3.05) is 44.4 Å². The molecule has 3 N–H and O–H groups in total. The van der Waals surface area contributed by atoms with Crippen LogP contribution in [-0.2, 0) is 21.2 Å². The van der Waals surface area contributed by atoms with Crippen LogP contribution in [0.1, 0.15) is 17.4 Å². The lowest BCUT2D eigenvalue weighted by Gasteiger charge is -2.14. The van der Waals surface area contributed by atoms with Gasteiger partial charge in [0.15, 0.2) is 5.75 Å². The number of alkyl halides is 5. The maximum Gasteiger partial charge on any atom is 0.393 e. The standard InChI is InChI=1S/C26H26F6N4O4S2/c1-15(37)35-42(38,39)23-13-21(40-25(28)29)20(12-18(23)27)33-9-5-8-22-17(14-26(30,31)32)16-6-4-7-19(24(16)41-22)34-10-11-36(2)3/h4,6-7,12-13,25,33-34H,9-11,14H2,1-3H3,(H,35,37). The first kappa shape index (κ1) is 32.8. The zero-order chi connectivity index (χ0) is 31.2. The number of likely N-dealkylation sites (N-methyl/N-ethyl adjacent to an activating group) is 1. The van der Waals surface area contributed by atoms with Gasteiger partial charge in [0, 0.05) is 32.1 Å². The molecule has 0 atom stereocenters. The van der Waals surface area contributed by atoms with Crippen molar-refractivity contribution in [2.45, 2.75) is 31.0 Å². The predicted octanol–water partition coefficient (Wildman–Crippen LogP) is 5.01. The molecule has 1 heterocycles. The number of sulfonamides is 1. The van der Waals surface area contributed by atoms with E-state index in [9.17, 15) is 39.6 Å². The number of halogens is 6. The Balaban J connectivity index is 1.93. The number of fused-ring (bicyclic) bond motifs is 1. The van der Waals surface area contributed by atoms with Crippen LogP contribution in [0.3, 0.4) is 0 Å². The molecule has 0 saturated heterocycles. The van der Waals surface area contributed by atoms with Crippen LogP contribution in [0.25, 0.3) is 10.1 Å². The summed E-state index contributed by atoms with van der Waals surface area (Å²) in [5, 5.41) is 6.11. The zero-order valence-corrected chi connectivity index (χ0v) is 24.1. The number of nitrogens with zero attached hydrogens (tertiary/aromatic N) is 1. The Morgan fingerprint density at radius 3 is 2.48 bits per heavy atom. The molecule has 2 aromatic carbocycles. The van der Waals surface area contributed by atoms with E-state index in [1.54, 1.807) is 18.2 Å². The van der Waals surface area contributed by atoms with E-state index in [1.165, 1.54) is 4.72 Å². The normalized spacial score (nSPS) is 11.9. The average molecular weight is 637 g/mol. The largest absolute Gasteiger partial charge is 0.433 e. The number of thiophene rings is 1. The molecule has 0 unspecified atom stereocenters. The number of hydrogen-bond donors (Lipinski definition) is 3. The van der Waals surface area contributed by atoms with Gasteiger partial charge in [0.1, 0.15) is 10.7 Å². The number of carbonyl (C=O) groups is 1. The molecule has 1 aromatic heterocycles. The van der Waals surface area contributed by atoms with Crippen molar-refractivity contribution in [3.63, 3.8) is 0 Å². The summed E-state index contributed by atoms with van der Waals surface area (Å²) < 4.78 is 112. The van der Waals surface area contributed by atoms with Crippen LogP contribution in [0.4, 0.5) is 37.7 Å². The maximum absolute atomic E-state index is 14.6. The van der Waals surface area contributed by atoms with Crippen LogP contribution in [0.2, 0.25) is 0 Å². The second-order valence-corrected chi connectivity index (χ2v) is 11.8. The van der Waals surface area contributed by atoms with Crippen molar-refractivity contribution >= 4 is 48.7 Å². The molecular formula is C26H26F6N4O4S2. The van der Waals surface area contributed by atoms with Crippen LogP contribution < -0.4 is 20.1 Å². The monoisotopic (exact) mass is 636 g/mol. The molecule has 0 radical (unpaired) electrons. The molecule has 42 heavy (non-hydrogen) atoms. The summed E-state index contributed by atoms with van der Waals surface area (Å²) in [5.74, 6) is 2.10. The van der Waals surface area contributed by atoms with Crippen LogP contribution >= 0.6 is 11.3 Å². The molecule has 0 aliphatic carbocycles. The molecule has 0 spiro atoms. The maximum atomic E-state index is 14.6. The first-order chi connectivity index (χ1) is 19.6. The minimum absolute atomic E-state index is 0.0217. The lowest BCUT2D eigenvalue weighted by molar-refractivity contribution is -0.127. The van der Waals surface area contributed by atoms with Gasteiger partial charge in [0.2, 0.25) is 5.91 Å². The van der Waals surface area contributed by atoms with Crippen LogP contribution in [0.5, 0.6) is 5.75 Å². The Morgan fingerprint density at radius 1 is 1.14 bits per heavy atom. The van der Waals surface area contributed by atoms with Gasteiger partial charge in [-0.05, 0) is 31.1 Å². The molecule has 3 aromatic rings. The second kappa shape index (κ2) is 13.5. The van der Waals surface area contributed by atoms with Gasteiger partial charge in [-0.25, -0.2) is 17.5 Å². The predicted molar refractivity (Wildman–Crippen MR) is 148 cm³/mol. The van der Waals surface area contributed by atoms with Gasteiger partial charge in [0.05, 0.1) is 33.9 Å². The van der Waals surface area contributed by atoms with Crippen molar-refractivity contribution < 1.29 is 44.3 Å². The molecule has 1 amide bonds. The van der Waals surface area contributed by atoms with Crippen molar-refractivity contribution in [2.24, 2.45) is 0 Å². The van der Waals surface area contributed by atoms with E-state index >= 15 is 0 Å². The highest BCUT2D eigenvalue weighted by Crippen LogP contribution is 2.39. The summed E-state index contributed by atoms with van der Waals surface area (Å²) in [5.41, 5.74) is 0.224. The molecular weight excluding hydrogens is 610 g/mol. The number of rotatable bonds is 11. The molecule has 8 nitrogen and oxygen atoms in total. The Bertz CT molecular complexity index is 1610. The number of benzene rings is 2. The van der Waals surface area contributed by atoms with Crippen LogP contribution in [0.15, 0.2) is 35.2 Å². The molecule has 0 saturated carbocycles. The summed E-state index contributed by atoms with van der Waals surface area (Å²) >= 11 is 1.06. The molecule has 0 aliphatic heterocycles. The number of anilines is 2. The fourth-order valence-corrected chi connectivity index (χ4v) is 6.03. The van der Waals surface area contributed by atoms with Crippen molar-refractivity contribution in [1.29, 1.82) is 0 Å². The fourth-order valence-electron chi connectivity index (χ4n) is 3.78. The van der Waals surface area contributed by atoms with E-state index < -0.39 is 57.3 Å². The second-order valence-electron chi connectivity index (χ2n) is 9.09. The third kappa shape index (κ3) is 8.91. The van der Waals surface area contributed by atoms with Crippen molar-refractivity contribution in [1.82, 2.24) is 9.62 Å². The topological polar surface area (TPSA) is 99.8 Å². The molecule has 228 valence electrons. The van der Waals surface area contributed by atoms with E-state index in [0.717, 1.165) is 18.3 Å². The van der Waals surface area contributed by atoms with Gasteiger partial charge in [-0.1, -0.05) is 24.0 Å². The first-order valence-electron chi connectivity index (χ1n) is 12.1. The summed E-state index contributed by atoms with van der Waals surface area (Å²) in [6.07, 6.45) is -5.75. The van der Waals surface area contributed by atoms with Gasteiger partial charge >= 0.3 is 12.8 Å². The third-order valence-corrected chi connectivity index (χ3v) is 8.10. The van der Waals surface area contributed by atoms with Gasteiger partial charge in [-0.3, -0.25) is 4.79 Å². The SMILES string of the molecule is CC(=O)NS(=O)(=O)c1cc(OC(F)F)c(NCC#Cc2sc3c(NCCN(C)C)cccc3c2CC(F)(F)F)cc1F. The summed E-state index contributed by atoms with van der Waals surface area (Å²) in [4.78, 5) is 12.1. The third-order valence-electron chi connectivity index (χ3n) is 5.46. The van der Waals surface area contributed by atoms with E-state index in [4.69, 9.17) is 0 Å². The van der Waals surface area contributed by atoms with E-state index in [0.29, 0.717) is 41.0 Å². The zero-order valence-electron chi connectivity index (χ0n) is 22.5. The molecule has 0 fully saturated rings. The Labute approximate surface area is 242 Å². The van der Waals surface area contributed by atoms with Crippen LogP contribution in [-0.4, -0.2) is 65.7 Å². The van der Waals surface area contributed by atoms with Crippen LogP contribution in [0, 0.1) is 17.7 Å². The molecule has 16 heteroatoms. The number of hydrogen-bond acceptors (Lipinski definition) is 8. The summed E-state index contributed by atoms with van der Waals surface area (Å²) in [6, 6.07) is 6.00. The van der Waals surface area contributed by atoms with E-state index in [1.807, 2.05) is 19.0 Å². The molecule has 3 rings (SSSR count). The van der Waals surface area contributed by atoms with E-state index in [2.05, 4.69) is 27.2 Å². The minimum atomic E-state index is -4.73. The molecule has 0 bridgehead atoms. The fraction of sp³-hybridized carbons (Fsp3) is 0.346.